The summed E-state index contributed by atoms with van der Waals surface area (Å²) in [6.45, 7) is 0. The van der Waals surface area contributed by atoms with Gasteiger partial charge in [-0.1, -0.05) is 152 Å². The summed E-state index contributed by atoms with van der Waals surface area (Å²) in [5.41, 5.74) is 11.2. The van der Waals surface area contributed by atoms with Crippen molar-refractivity contribution in [3.8, 4) is 67.5 Å². The van der Waals surface area contributed by atoms with E-state index < -0.39 is 0 Å². The Morgan fingerprint density at radius 3 is 1.38 bits per heavy atom. The van der Waals surface area contributed by atoms with E-state index in [1.165, 1.54) is 10.8 Å². The molecule has 0 atom stereocenters. The van der Waals surface area contributed by atoms with Gasteiger partial charge in [0.2, 0.25) is 0 Å². The van der Waals surface area contributed by atoms with Gasteiger partial charge in [0.1, 0.15) is 11.2 Å². The molecule has 8 aromatic carbocycles. The van der Waals surface area contributed by atoms with Gasteiger partial charge in [-0.25, -0.2) is 15.0 Å². The summed E-state index contributed by atoms with van der Waals surface area (Å²) >= 11 is 0. The molecule has 2 heterocycles. The number of aromatic nitrogens is 3. The molecule has 4 nitrogen and oxygen atoms in total. The second-order valence-corrected chi connectivity index (χ2v) is 13.3. The van der Waals surface area contributed by atoms with E-state index in [2.05, 4.69) is 140 Å². The maximum absolute atomic E-state index is 6.37. The smallest absolute Gasteiger partial charge is 0.164 e. The van der Waals surface area contributed by atoms with Crippen LogP contribution in [0.1, 0.15) is 0 Å². The van der Waals surface area contributed by atoms with Crippen LogP contribution in [-0.2, 0) is 0 Å². The van der Waals surface area contributed by atoms with Crippen molar-refractivity contribution < 1.29 is 4.42 Å². The Labute approximate surface area is 306 Å². The Morgan fingerprint density at radius 1 is 0.302 bits per heavy atom. The van der Waals surface area contributed by atoms with Gasteiger partial charge in [-0.05, 0) is 80.6 Å². The summed E-state index contributed by atoms with van der Waals surface area (Å²) in [5, 5.41) is 4.58. The Morgan fingerprint density at radius 2 is 0.774 bits per heavy atom. The predicted molar refractivity (Wildman–Crippen MR) is 217 cm³/mol. The summed E-state index contributed by atoms with van der Waals surface area (Å²) in [6.07, 6.45) is 0. The Bertz CT molecular complexity index is 2860. The van der Waals surface area contributed by atoms with Crippen molar-refractivity contribution in [1.29, 1.82) is 0 Å². The first-order chi connectivity index (χ1) is 26.2. The zero-order chi connectivity index (χ0) is 35.1. The molecule has 248 valence electrons. The monoisotopic (exact) mass is 677 g/mol. The van der Waals surface area contributed by atoms with Crippen LogP contribution in [0, 0.1) is 0 Å². The number of fused-ring (bicyclic) bond motifs is 4. The Kier molecular flexibility index (Phi) is 7.43. The van der Waals surface area contributed by atoms with Crippen LogP contribution in [-0.4, -0.2) is 15.0 Å². The molecule has 0 aliphatic heterocycles. The van der Waals surface area contributed by atoms with Crippen molar-refractivity contribution in [2.75, 3.05) is 0 Å². The van der Waals surface area contributed by atoms with E-state index in [0.29, 0.717) is 17.5 Å². The highest BCUT2D eigenvalue weighted by atomic mass is 16.3. The molecular formula is C49H31N3O. The van der Waals surface area contributed by atoms with Crippen molar-refractivity contribution in [2.45, 2.75) is 0 Å². The van der Waals surface area contributed by atoms with Crippen LogP contribution >= 0.6 is 0 Å². The second-order valence-electron chi connectivity index (χ2n) is 13.3. The molecule has 0 unspecified atom stereocenters. The van der Waals surface area contributed by atoms with E-state index in [0.717, 1.165) is 72.0 Å². The van der Waals surface area contributed by atoms with Crippen molar-refractivity contribution in [3.63, 3.8) is 0 Å². The van der Waals surface area contributed by atoms with E-state index in [-0.39, 0.29) is 0 Å². The van der Waals surface area contributed by atoms with Gasteiger partial charge >= 0.3 is 0 Å². The number of benzene rings is 8. The molecule has 0 N–H and O–H groups in total. The molecule has 2 aromatic heterocycles. The first kappa shape index (κ1) is 30.6. The highest BCUT2D eigenvalue weighted by Gasteiger charge is 2.17. The maximum atomic E-state index is 6.37. The van der Waals surface area contributed by atoms with Gasteiger partial charge in [0, 0.05) is 27.5 Å². The minimum absolute atomic E-state index is 0.616. The molecule has 0 amide bonds. The number of nitrogens with zero attached hydrogens (tertiary/aromatic N) is 3. The zero-order valence-electron chi connectivity index (χ0n) is 28.6. The fourth-order valence-corrected chi connectivity index (χ4v) is 7.25. The van der Waals surface area contributed by atoms with Gasteiger partial charge in [-0.15, -0.1) is 0 Å². The largest absolute Gasteiger partial charge is 0.456 e. The van der Waals surface area contributed by atoms with Crippen LogP contribution in [0.15, 0.2) is 192 Å². The first-order valence-electron chi connectivity index (χ1n) is 17.8. The number of furan rings is 1. The topological polar surface area (TPSA) is 51.8 Å². The Balaban J connectivity index is 1.11. The summed E-state index contributed by atoms with van der Waals surface area (Å²) in [4.78, 5) is 15.3. The molecule has 53 heavy (non-hydrogen) atoms. The van der Waals surface area contributed by atoms with Crippen molar-refractivity contribution in [3.05, 3.63) is 188 Å². The zero-order valence-corrected chi connectivity index (χ0v) is 28.6. The van der Waals surface area contributed by atoms with Gasteiger partial charge in [-0.2, -0.15) is 0 Å². The van der Waals surface area contributed by atoms with Crippen LogP contribution in [0.4, 0.5) is 0 Å². The summed E-state index contributed by atoms with van der Waals surface area (Å²) in [5.74, 6) is 1.86. The quantitative estimate of drug-likeness (QED) is 0.176. The average molecular weight is 678 g/mol. The second kappa shape index (κ2) is 12.9. The molecular weight excluding hydrogens is 647 g/mol. The maximum Gasteiger partial charge on any atom is 0.164 e. The third-order valence-corrected chi connectivity index (χ3v) is 9.89. The molecule has 0 aliphatic rings. The lowest BCUT2D eigenvalue weighted by Crippen LogP contribution is -2.00. The lowest BCUT2D eigenvalue weighted by molar-refractivity contribution is 0.669. The average Bonchev–Trinajstić information content (AvgIpc) is 3.61. The lowest BCUT2D eigenvalue weighted by Gasteiger charge is -2.13. The van der Waals surface area contributed by atoms with Crippen LogP contribution in [0.25, 0.3) is 100 Å². The van der Waals surface area contributed by atoms with E-state index in [4.69, 9.17) is 19.4 Å². The number of hydrogen-bond acceptors (Lipinski definition) is 4. The highest BCUT2D eigenvalue weighted by Crippen LogP contribution is 2.39. The molecule has 0 spiro atoms. The molecule has 0 radical (unpaired) electrons. The highest BCUT2D eigenvalue weighted by molar-refractivity contribution is 6.15. The van der Waals surface area contributed by atoms with Gasteiger partial charge in [0.05, 0.1) is 0 Å². The number of hydrogen-bond donors (Lipinski definition) is 0. The van der Waals surface area contributed by atoms with Crippen molar-refractivity contribution >= 4 is 32.7 Å². The summed E-state index contributed by atoms with van der Waals surface area (Å²) in [7, 11) is 0. The third kappa shape index (κ3) is 5.73. The standard InChI is InChI=1S/C49H31N3O/c1-4-13-32(14-5-1)39-27-40(33-15-6-2-7-16-33)29-41(28-39)49-51-47(35-17-8-3-9-18-35)50-48(52-49)36-25-23-34(24-26-36)42-21-12-22-44-46(42)43-30-37-19-10-11-20-38(37)31-45(43)53-44/h1-31H. The predicted octanol–water partition coefficient (Wildman–Crippen LogP) is 12.9. The van der Waals surface area contributed by atoms with E-state index in [1.807, 2.05) is 48.5 Å². The summed E-state index contributed by atoms with van der Waals surface area (Å²) < 4.78 is 6.37. The van der Waals surface area contributed by atoms with Crippen LogP contribution in [0.2, 0.25) is 0 Å². The van der Waals surface area contributed by atoms with Crippen LogP contribution < -0.4 is 0 Å². The summed E-state index contributed by atoms with van der Waals surface area (Å²) in [6, 6.07) is 65.2. The van der Waals surface area contributed by atoms with Gasteiger partial charge in [0.25, 0.3) is 0 Å². The fraction of sp³-hybridized carbons (Fsp3) is 0. The van der Waals surface area contributed by atoms with E-state index in [9.17, 15) is 0 Å². The van der Waals surface area contributed by atoms with Crippen molar-refractivity contribution in [2.24, 2.45) is 0 Å². The minimum atomic E-state index is 0.616. The molecule has 4 heteroatoms. The molecule has 0 aliphatic carbocycles. The van der Waals surface area contributed by atoms with Gasteiger partial charge in [-0.3, -0.25) is 0 Å². The van der Waals surface area contributed by atoms with E-state index in [1.54, 1.807) is 0 Å². The van der Waals surface area contributed by atoms with Gasteiger partial charge < -0.3 is 4.42 Å². The molecule has 0 saturated heterocycles. The molecule has 10 aromatic rings. The molecule has 10 rings (SSSR count). The third-order valence-electron chi connectivity index (χ3n) is 9.89. The molecule has 0 saturated carbocycles. The minimum Gasteiger partial charge on any atom is -0.456 e. The Hall–Kier alpha value is -7.17. The van der Waals surface area contributed by atoms with Crippen molar-refractivity contribution in [1.82, 2.24) is 15.0 Å². The normalized spacial score (nSPS) is 11.4. The van der Waals surface area contributed by atoms with Crippen LogP contribution in [0.3, 0.4) is 0 Å². The molecule has 0 fully saturated rings. The van der Waals surface area contributed by atoms with Gasteiger partial charge in [0.15, 0.2) is 17.5 Å². The number of rotatable bonds is 6. The lowest BCUT2D eigenvalue weighted by atomic mass is 9.95. The first-order valence-corrected chi connectivity index (χ1v) is 17.8. The SMILES string of the molecule is c1ccc(-c2cc(-c3ccccc3)cc(-c3nc(-c4ccccc4)nc(-c4ccc(-c5cccc6oc7cc8ccccc8cc7c56)cc4)n3)c2)cc1. The van der Waals surface area contributed by atoms with Crippen LogP contribution in [0.5, 0.6) is 0 Å². The fourth-order valence-electron chi connectivity index (χ4n) is 7.25. The van der Waals surface area contributed by atoms with E-state index >= 15 is 0 Å². The molecule has 0 bridgehead atoms.